The minimum atomic E-state index is -0.775. The molecule has 1 aliphatic rings. The van der Waals surface area contributed by atoms with Gasteiger partial charge in [-0.25, -0.2) is 8.78 Å². The van der Waals surface area contributed by atoms with Crippen molar-refractivity contribution in [3.05, 3.63) is 35.4 Å². The summed E-state index contributed by atoms with van der Waals surface area (Å²) < 4.78 is 26.9. The summed E-state index contributed by atoms with van der Waals surface area (Å²) in [4.78, 5) is 2.29. The van der Waals surface area contributed by atoms with Gasteiger partial charge in [-0.15, -0.1) is 0 Å². The summed E-state index contributed by atoms with van der Waals surface area (Å²) in [5.74, 6) is -0.794. The van der Waals surface area contributed by atoms with Crippen molar-refractivity contribution in [2.45, 2.75) is 44.7 Å². The Morgan fingerprint density at radius 2 is 2.10 bits per heavy atom. The fourth-order valence-electron chi connectivity index (χ4n) is 3.47. The average molecular weight is 296 g/mol. The van der Waals surface area contributed by atoms with E-state index in [4.69, 9.17) is 0 Å². The van der Waals surface area contributed by atoms with Gasteiger partial charge in [0.1, 0.15) is 0 Å². The van der Waals surface area contributed by atoms with Gasteiger partial charge in [-0.05, 0) is 38.9 Å². The van der Waals surface area contributed by atoms with E-state index in [9.17, 15) is 8.78 Å². The van der Waals surface area contributed by atoms with Gasteiger partial charge in [0.05, 0.1) is 0 Å². The Hall–Kier alpha value is -1.00. The van der Waals surface area contributed by atoms with Crippen LogP contribution in [0.3, 0.4) is 0 Å². The molecule has 21 heavy (non-hydrogen) atoms. The normalized spacial score (nSPS) is 26.3. The zero-order chi connectivity index (χ0) is 15.5. The lowest BCUT2D eigenvalue weighted by molar-refractivity contribution is 0.0749. The molecule has 0 heterocycles. The molecule has 0 saturated heterocycles. The fourth-order valence-corrected chi connectivity index (χ4v) is 3.47. The highest BCUT2D eigenvalue weighted by Gasteiger charge is 2.36. The van der Waals surface area contributed by atoms with Gasteiger partial charge in [-0.1, -0.05) is 31.9 Å². The van der Waals surface area contributed by atoms with Crippen molar-refractivity contribution in [2.24, 2.45) is 5.92 Å². The molecule has 0 aliphatic heterocycles. The molecule has 1 fully saturated rings. The van der Waals surface area contributed by atoms with E-state index >= 15 is 0 Å². The van der Waals surface area contributed by atoms with Crippen LogP contribution in [0.5, 0.6) is 0 Å². The number of rotatable bonds is 5. The van der Waals surface area contributed by atoms with Crippen molar-refractivity contribution in [3.63, 3.8) is 0 Å². The van der Waals surface area contributed by atoms with Gasteiger partial charge in [-0.2, -0.15) is 0 Å². The third-order valence-electron chi connectivity index (χ3n) is 4.82. The summed E-state index contributed by atoms with van der Waals surface area (Å²) in [6.45, 7) is 3.47. The molecule has 1 aliphatic carbocycles. The predicted octanol–water partition coefficient (Wildman–Crippen LogP) is 3.56. The van der Waals surface area contributed by atoms with Crippen molar-refractivity contribution in [2.75, 3.05) is 20.6 Å². The van der Waals surface area contributed by atoms with Crippen LogP contribution in [0, 0.1) is 17.6 Å². The van der Waals surface area contributed by atoms with Crippen LogP contribution in [0.1, 0.15) is 38.2 Å². The first kappa shape index (κ1) is 16.4. The summed E-state index contributed by atoms with van der Waals surface area (Å²) in [6, 6.07) is 4.35. The van der Waals surface area contributed by atoms with E-state index in [-0.39, 0.29) is 5.54 Å². The maximum absolute atomic E-state index is 13.7. The predicted molar refractivity (Wildman–Crippen MR) is 82.1 cm³/mol. The van der Waals surface area contributed by atoms with Gasteiger partial charge in [-0.3, -0.25) is 0 Å². The van der Waals surface area contributed by atoms with Crippen molar-refractivity contribution < 1.29 is 8.78 Å². The Balaban J connectivity index is 1.98. The number of halogens is 2. The molecule has 1 N–H and O–H groups in total. The smallest absolute Gasteiger partial charge is 0.163 e. The zero-order valence-corrected chi connectivity index (χ0v) is 13.3. The number of nitrogens with zero attached hydrogens (tertiary/aromatic N) is 1. The van der Waals surface area contributed by atoms with Crippen LogP contribution >= 0.6 is 0 Å². The first-order valence-electron chi connectivity index (χ1n) is 7.76. The lowest BCUT2D eigenvalue weighted by Gasteiger charge is -2.45. The Bertz CT molecular complexity index is 476. The summed E-state index contributed by atoms with van der Waals surface area (Å²) >= 11 is 0. The number of hydrogen-bond donors (Lipinski definition) is 1. The van der Waals surface area contributed by atoms with Crippen LogP contribution in [0.25, 0.3) is 0 Å². The van der Waals surface area contributed by atoms with Crippen molar-refractivity contribution in [1.29, 1.82) is 0 Å². The molecule has 1 saturated carbocycles. The molecule has 2 unspecified atom stereocenters. The molecule has 0 amide bonds. The Morgan fingerprint density at radius 1 is 1.33 bits per heavy atom. The second-order valence-corrected chi connectivity index (χ2v) is 6.64. The van der Waals surface area contributed by atoms with Crippen molar-refractivity contribution >= 4 is 0 Å². The standard InChI is InChI=1S/C17H26F2N2/c1-13-6-5-9-17(10-13,21(2)3)12-20-11-14-7-4-8-15(18)16(14)19/h4,7-8,13,20H,5-6,9-12H2,1-3H3. The molecule has 1 aromatic carbocycles. The fraction of sp³-hybridized carbons (Fsp3) is 0.647. The van der Waals surface area contributed by atoms with Crippen LogP contribution < -0.4 is 5.32 Å². The third-order valence-corrected chi connectivity index (χ3v) is 4.82. The van der Waals surface area contributed by atoms with Crippen LogP contribution in [0.15, 0.2) is 18.2 Å². The molecule has 2 rings (SSSR count). The molecule has 0 aromatic heterocycles. The van der Waals surface area contributed by atoms with E-state index < -0.39 is 11.6 Å². The highest BCUT2D eigenvalue weighted by molar-refractivity contribution is 5.18. The van der Waals surface area contributed by atoms with E-state index in [1.54, 1.807) is 12.1 Å². The lowest BCUT2D eigenvalue weighted by atomic mass is 9.75. The van der Waals surface area contributed by atoms with Crippen molar-refractivity contribution in [1.82, 2.24) is 10.2 Å². The van der Waals surface area contributed by atoms with Gasteiger partial charge < -0.3 is 10.2 Å². The average Bonchev–Trinajstić information content (AvgIpc) is 2.43. The van der Waals surface area contributed by atoms with Crippen LogP contribution in [0.4, 0.5) is 8.78 Å². The highest BCUT2D eigenvalue weighted by Crippen LogP contribution is 2.35. The Kier molecular flexibility index (Phi) is 5.33. The van der Waals surface area contributed by atoms with Gasteiger partial charge >= 0.3 is 0 Å². The van der Waals surface area contributed by atoms with E-state index in [0.717, 1.165) is 25.5 Å². The maximum atomic E-state index is 13.7. The molecule has 1 aromatic rings. The molecular formula is C17H26F2N2. The third kappa shape index (κ3) is 3.80. The number of likely N-dealkylation sites (N-methyl/N-ethyl adjacent to an activating group) is 1. The lowest BCUT2D eigenvalue weighted by Crippen LogP contribution is -2.54. The number of hydrogen-bond acceptors (Lipinski definition) is 2. The zero-order valence-electron chi connectivity index (χ0n) is 13.3. The molecule has 118 valence electrons. The van der Waals surface area contributed by atoms with E-state index in [0.29, 0.717) is 18.0 Å². The van der Waals surface area contributed by atoms with Crippen LogP contribution in [-0.2, 0) is 6.54 Å². The Morgan fingerprint density at radius 3 is 2.76 bits per heavy atom. The first-order chi connectivity index (χ1) is 9.94. The van der Waals surface area contributed by atoms with E-state index in [1.165, 1.54) is 12.8 Å². The summed E-state index contributed by atoms with van der Waals surface area (Å²) in [5, 5.41) is 3.33. The molecule has 4 heteroatoms. The molecule has 0 bridgehead atoms. The topological polar surface area (TPSA) is 15.3 Å². The van der Waals surface area contributed by atoms with Gasteiger partial charge in [0, 0.05) is 24.2 Å². The second kappa shape index (κ2) is 6.84. The monoisotopic (exact) mass is 296 g/mol. The number of benzene rings is 1. The minimum absolute atomic E-state index is 0.126. The molecule has 0 radical (unpaired) electrons. The number of nitrogens with one attached hydrogen (secondary N) is 1. The van der Waals surface area contributed by atoms with Crippen LogP contribution in [-0.4, -0.2) is 31.1 Å². The maximum Gasteiger partial charge on any atom is 0.163 e. The van der Waals surface area contributed by atoms with Crippen LogP contribution in [0.2, 0.25) is 0 Å². The quantitative estimate of drug-likeness (QED) is 0.893. The van der Waals surface area contributed by atoms with Gasteiger partial charge in [0.25, 0.3) is 0 Å². The largest absolute Gasteiger partial charge is 0.311 e. The van der Waals surface area contributed by atoms with Gasteiger partial charge in [0.15, 0.2) is 11.6 Å². The van der Waals surface area contributed by atoms with E-state index in [2.05, 4.69) is 31.2 Å². The SMILES string of the molecule is CC1CCCC(CNCc2cccc(F)c2F)(N(C)C)C1. The Labute approximate surface area is 126 Å². The molecule has 2 nitrogen and oxygen atoms in total. The molecule has 2 atom stereocenters. The van der Waals surface area contributed by atoms with Crippen molar-refractivity contribution in [3.8, 4) is 0 Å². The first-order valence-corrected chi connectivity index (χ1v) is 7.76. The molecular weight excluding hydrogens is 270 g/mol. The minimum Gasteiger partial charge on any atom is -0.311 e. The highest BCUT2D eigenvalue weighted by atomic mass is 19.2. The summed E-state index contributed by atoms with van der Waals surface area (Å²) in [7, 11) is 4.23. The summed E-state index contributed by atoms with van der Waals surface area (Å²) in [5.41, 5.74) is 0.523. The second-order valence-electron chi connectivity index (χ2n) is 6.64. The molecule has 0 spiro atoms. The van der Waals surface area contributed by atoms with E-state index in [1.807, 2.05) is 0 Å². The summed E-state index contributed by atoms with van der Waals surface area (Å²) in [6.07, 6.45) is 4.82. The van der Waals surface area contributed by atoms with Gasteiger partial charge in [0.2, 0.25) is 0 Å².